The molecule has 0 aromatic carbocycles. The number of rotatable bonds is 6. The monoisotopic (exact) mass is 360 g/mol. The quantitative estimate of drug-likeness (QED) is 0.761. The van der Waals surface area contributed by atoms with Crippen LogP contribution in [0.2, 0.25) is 0 Å². The molecular formula is C16H20N6O2S. The molecule has 0 saturated heterocycles. The van der Waals surface area contributed by atoms with Crippen LogP contribution >= 0.6 is 11.8 Å². The first kappa shape index (κ1) is 17.4. The molecule has 132 valence electrons. The van der Waals surface area contributed by atoms with Gasteiger partial charge in [0.25, 0.3) is 0 Å². The van der Waals surface area contributed by atoms with E-state index >= 15 is 0 Å². The van der Waals surface area contributed by atoms with Gasteiger partial charge in [0, 0.05) is 24.0 Å². The number of primary amides is 1. The summed E-state index contributed by atoms with van der Waals surface area (Å²) in [6.07, 6.45) is 5.56. The van der Waals surface area contributed by atoms with E-state index in [0.29, 0.717) is 11.2 Å². The summed E-state index contributed by atoms with van der Waals surface area (Å²) in [5, 5.41) is 10.9. The molecule has 1 fully saturated rings. The van der Waals surface area contributed by atoms with Crippen LogP contribution in [-0.4, -0.2) is 36.9 Å². The SMILES string of the molecule is CC(C)[C@@H](Sc1nnc(-c2cccnc2)n1C1CC1)C(=O)NC(N)=O. The average molecular weight is 360 g/mol. The van der Waals surface area contributed by atoms with Crippen molar-refractivity contribution < 1.29 is 9.59 Å². The predicted molar refractivity (Wildman–Crippen MR) is 93.7 cm³/mol. The summed E-state index contributed by atoms with van der Waals surface area (Å²) in [5.74, 6) is 0.326. The van der Waals surface area contributed by atoms with Crippen LogP contribution in [-0.2, 0) is 4.79 Å². The largest absolute Gasteiger partial charge is 0.351 e. The first-order chi connectivity index (χ1) is 12.0. The number of urea groups is 1. The van der Waals surface area contributed by atoms with Crippen LogP contribution in [0.5, 0.6) is 0 Å². The number of imide groups is 1. The minimum atomic E-state index is -0.851. The highest BCUT2D eigenvalue weighted by Crippen LogP contribution is 2.42. The van der Waals surface area contributed by atoms with Crippen molar-refractivity contribution in [3.05, 3.63) is 24.5 Å². The Morgan fingerprint density at radius 2 is 2.12 bits per heavy atom. The van der Waals surface area contributed by atoms with Gasteiger partial charge in [-0.05, 0) is 30.9 Å². The summed E-state index contributed by atoms with van der Waals surface area (Å²) in [6, 6.07) is 3.27. The van der Waals surface area contributed by atoms with Gasteiger partial charge in [0.15, 0.2) is 11.0 Å². The van der Waals surface area contributed by atoms with E-state index in [1.807, 2.05) is 26.0 Å². The number of nitrogens with one attached hydrogen (secondary N) is 1. The van der Waals surface area contributed by atoms with E-state index in [2.05, 4.69) is 25.1 Å². The van der Waals surface area contributed by atoms with Gasteiger partial charge in [0.05, 0.1) is 5.25 Å². The zero-order valence-corrected chi connectivity index (χ0v) is 14.9. The first-order valence-corrected chi connectivity index (χ1v) is 8.97. The molecule has 1 atom stereocenters. The Bertz CT molecular complexity index is 772. The van der Waals surface area contributed by atoms with Crippen molar-refractivity contribution in [3.63, 3.8) is 0 Å². The number of thioether (sulfide) groups is 1. The van der Waals surface area contributed by atoms with E-state index in [1.54, 1.807) is 12.4 Å². The number of aromatic nitrogens is 4. The fourth-order valence-corrected chi connectivity index (χ4v) is 3.61. The van der Waals surface area contributed by atoms with Crippen molar-refractivity contribution in [2.45, 2.75) is 43.1 Å². The van der Waals surface area contributed by atoms with Crippen LogP contribution in [0.15, 0.2) is 29.7 Å². The fraction of sp³-hybridized carbons (Fsp3) is 0.438. The van der Waals surface area contributed by atoms with Crippen LogP contribution in [0.1, 0.15) is 32.7 Å². The molecule has 8 nitrogen and oxygen atoms in total. The lowest BCUT2D eigenvalue weighted by atomic mass is 10.1. The molecule has 25 heavy (non-hydrogen) atoms. The topological polar surface area (TPSA) is 116 Å². The van der Waals surface area contributed by atoms with Crippen molar-refractivity contribution in [1.82, 2.24) is 25.1 Å². The van der Waals surface area contributed by atoms with Crippen molar-refractivity contribution in [2.75, 3.05) is 0 Å². The Kier molecular flexibility index (Phi) is 5.03. The Morgan fingerprint density at radius 3 is 2.68 bits per heavy atom. The van der Waals surface area contributed by atoms with E-state index in [9.17, 15) is 9.59 Å². The molecule has 1 aliphatic rings. The van der Waals surface area contributed by atoms with E-state index in [0.717, 1.165) is 24.2 Å². The first-order valence-electron chi connectivity index (χ1n) is 8.09. The molecule has 0 spiro atoms. The predicted octanol–water partition coefficient (Wildman–Crippen LogP) is 1.99. The molecule has 3 N–H and O–H groups in total. The normalized spacial score (nSPS) is 15.2. The van der Waals surface area contributed by atoms with Crippen molar-refractivity contribution >= 4 is 23.7 Å². The van der Waals surface area contributed by atoms with Crippen molar-refractivity contribution in [2.24, 2.45) is 11.7 Å². The summed E-state index contributed by atoms with van der Waals surface area (Å²) >= 11 is 1.31. The lowest BCUT2D eigenvalue weighted by Gasteiger charge is -2.19. The van der Waals surface area contributed by atoms with Crippen LogP contribution in [0.4, 0.5) is 4.79 Å². The van der Waals surface area contributed by atoms with Gasteiger partial charge < -0.3 is 5.73 Å². The highest BCUT2D eigenvalue weighted by Gasteiger charge is 2.33. The van der Waals surface area contributed by atoms with Crippen LogP contribution in [0, 0.1) is 5.92 Å². The van der Waals surface area contributed by atoms with Gasteiger partial charge in [-0.15, -0.1) is 10.2 Å². The third kappa shape index (κ3) is 3.98. The molecule has 1 saturated carbocycles. The van der Waals surface area contributed by atoms with Crippen LogP contribution in [0.3, 0.4) is 0 Å². The Morgan fingerprint density at radius 1 is 1.36 bits per heavy atom. The van der Waals surface area contributed by atoms with Crippen LogP contribution in [0.25, 0.3) is 11.4 Å². The molecule has 0 radical (unpaired) electrons. The van der Waals surface area contributed by atoms with Gasteiger partial charge in [-0.1, -0.05) is 25.6 Å². The van der Waals surface area contributed by atoms with E-state index in [4.69, 9.17) is 5.73 Å². The van der Waals surface area contributed by atoms with Gasteiger partial charge >= 0.3 is 6.03 Å². The van der Waals surface area contributed by atoms with Crippen molar-refractivity contribution in [3.8, 4) is 11.4 Å². The standard InChI is InChI=1S/C16H20N6O2S/c1-9(2)12(14(23)19-15(17)24)25-16-21-20-13(22(16)11-5-6-11)10-4-3-7-18-8-10/h3-4,7-9,11-12H,5-6H2,1-2H3,(H3,17,19,23,24)/t12-/m1/s1. The Balaban J connectivity index is 1.90. The van der Waals surface area contributed by atoms with Gasteiger partial charge in [0.2, 0.25) is 5.91 Å². The Labute approximate surface area is 149 Å². The number of hydrogen-bond acceptors (Lipinski definition) is 6. The van der Waals surface area contributed by atoms with Crippen LogP contribution < -0.4 is 11.1 Å². The summed E-state index contributed by atoms with van der Waals surface area (Å²) in [6.45, 7) is 3.83. The maximum absolute atomic E-state index is 12.3. The molecule has 0 unspecified atom stereocenters. The highest BCUT2D eigenvalue weighted by atomic mass is 32.2. The second-order valence-electron chi connectivity index (χ2n) is 6.29. The lowest BCUT2D eigenvalue weighted by Crippen LogP contribution is -2.42. The molecule has 2 heterocycles. The summed E-state index contributed by atoms with van der Waals surface area (Å²) in [5.41, 5.74) is 5.96. The molecular weight excluding hydrogens is 340 g/mol. The maximum Gasteiger partial charge on any atom is 0.318 e. The third-order valence-corrected chi connectivity index (χ3v) is 5.34. The average Bonchev–Trinajstić information content (AvgIpc) is 3.32. The minimum absolute atomic E-state index is 0.00412. The molecule has 0 aliphatic heterocycles. The number of amides is 3. The Hall–Kier alpha value is -2.42. The number of hydrogen-bond donors (Lipinski definition) is 2. The summed E-state index contributed by atoms with van der Waals surface area (Å²) in [4.78, 5) is 27.4. The number of carbonyl (C=O) groups excluding carboxylic acids is 2. The highest BCUT2D eigenvalue weighted by molar-refractivity contribution is 8.00. The molecule has 1 aliphatic carbocycles. The number of pyridine rings is 1. The van der Waals surface area contributed by atoms with Gasteiger partial charge in [-0.3, -0.25) is 19.7 Å². The zero-order chi connectivity index (χ0) is 18.0. The van der Waals surface area contributed by atoms with Gasteiger partial charge in [-0.2, -0.15) is 0 Å². The second-order valence-corrected chi connectivity index (χ2v) is 7.39. The minimum Gasteiger partial charge on any atom is -0.351 e. The maximum atomic E-state index is 12.3. The number of carbonyl (C=O) groups is 2. The lowest BCUT2D eigenvalue weighted by molar-refractivity contribution is -0.120. The molecule has 2 aromatic heterocycles. The smallest absolute Gasteiger partial charge is 0.318 e. The van der Waals surface area contributed by atoms with Gasteiger partial charge in [0.1, 0.15) is 0 Å². The number of nitrogens with zero attached hydrogens (tertiary/aromatic N) is 4. The molecule has 2 aromatic rings. The molecule has 0 bridgehead atoms. The molecule has 3 amide bonds. The fourth-order valence-electron chi connectivity index (χ4n) is 2.51. The van der Waals surface area contributed by atoms with Gasteiger partial charge in [-0.25, -0.2) is 4.79 Å². The van der Waals surface area contributed by atoms with E-state index in [1.165, 1.54) is 11.8 Å². The van der Waals surface area contributed by atoms with E-state index in [-0.39, 0.29) is 5.92 Å². The van der Waals surface area contributed by atoms with E-state index < -0.39 is 17.2 Å². The third-order valence-electron chi connectivity index (χ3n) is 3.84. The van der Waals surface area contributed by atoms with Crippen molar-refractivity contribution in [1.29, 1.82) is 0 Å². The molecule has 3 rings (SSSR count). The number of nitrogens with two attached hydrogens (primary N) is 1. The second kappa shape index (κ2) is 7.22. The molecule has 9 heteroatoms. The zero-order valence-electron chi connectivity index (χ0n) is 14.0. The summed E-state index contributed by atoms with van der Waals surface area (Å²) in [7, 11) is 0. The summed E-state index contributed by atoms with van der Waals surface area (Å²) < 4.78 is 2.06.